The number of carbonyl (C=O) groups excluding carboxylic acids is 5. The number of nitriles is 1. The van der Waals surface area contributed by atoms with Gasteiger partial charge in [-0.05, 0) is 119 Å². The van der Waals surface area contributed by atoms with E-state index in [2.05, 4.69) is 48.5 Å². The summed E-state index contributed by atoms with van der Waals surface area (Å²) in [4.78, 5) is 71.9. The molecule has 61 heavy (non-hydrogen) atoms. The first-order chi connectivity index (χ1) is 29.4. The van der Waals surface area contributed by atoms with Crippen molar-refractivity contribution in [3.8, 4) is 11.8 Å². The molecule has 1 unspecified atom stereocenters. The van der Waals surface area contributed by atoms with Crippen LogP contribution >= 0.6 is 11.6 Å². The van der Waals surface area contributed by atoms with Crippen LogP contribution in [-0.2, 0) is 9.59 Å². The quantitative estimate of drug-likeness (QED) is 0.283. The summed E-state index contributed by atoms with van der Waals surface area (Å²) < 4.78 is 6.09. The lowest BCUT2D eigenvalue weighted by atomic mass is 9.71. The number of fused-ring (bicyclic) bond motifs is 1. The van der Waals surface area contributed by atoms with Crippen LogP contribution in [0.4, 0.5) is 11.5 Å². The van der Waals surface area contributed by atoms with E-state index < -0.39 is 23.8 Å². The number of imide groups is 2. The van der Waals surface area contributed by atoms with Gasteiger partial charge in [0, 0.05) is 62.4 Å². The number of halogens is 1. The predicted molar refractivity (Wildman–Crippen MR) is 225 cm³/mol. The van der Waals surface area contributed by atoms with Crippen LogP contribution in [0, 0.1) is 22.2 Å². The lowest BCUT2D eigenvalue weighted by molar-refractivity contribution is -0.136. The van der Waals surface area contributed by atoms with E-state index in [-0.39, 0.29) is 47.6 Å². The van der Waals surface area contributed by atoms with Gasteiger partial charge in [-0.1, -0.05) is 18.5 Å². The zero-order valence-electron chi connectivity index (χ0n) is 34.3. The van der Waals surface area contributed by atoms with E-state index in [4.69, 9.17) is 21.6 Å². The van der Waals surface area contributed by atoms with Gasteiger partial charge in [0.05, 0.1) is 27.8 Å². The van der Waals surface area contributed by atoms with Gasteiger partial charge in [-0.25, -0.2) is 0 Å². The molecule has 0 bridgehead atoms. The van der Waals surface area contributed by atoms with E-state index in [0.717, 1.165) is 114 Å². The first-order valence-corrected chi connectivity index (χ1v) is 21.8. The standard InChI is InChI=1S/C45H50ClN9O6/c1-44(14-20-53(21-15-44)38-12-10-36(50-51-38)40(57)48-29-3-7-31(8-4-29)61-32-6-2-28(24-47)35(46)23-32)25-52-18-16-45(17-19-52)26-54(27-45)30-5-9-33-34(22-30)43(60)55(42(33)59)37-11-13-39(56)49-41(37)58/h2,5-6,9-10,12,22-23,29,31,37H,3-4,7-8,11,13-21,25-27H2,1H3,(H,48,57)(H,49,56,58)/t29-,31-,37?. The molecule has 2 aromatic carbocycles. The Morgan fingerprint density at radius 2 is 1.62 bits per heavy atom. The second-order valence-electron chi connectivity index (χ2n) is 18.2. The van der Waals surface area contributed by atoms with E-state index >= 15 is 0 Å². The highest BCUT2D eigenvalue weighted by molar-refractivity contribution is 6.31. The zero-order chi connectivity index (χ0) is 42.5. The smallest absolute Gasteiger partial charge is 0.272 e. The average molecular weight is 848 g/mol. The summed E-state index contributed by atoms with van der Waals surface area (Å²) in [5.41, 5.74) is 2.69. The minimum Gasteiger partial charge on any atom is -0.490 e. The Morgan fingerprint density at radius 3 is 2.30 bits per heavy atom. The fourth-order valence-corrected chi connectivity index (χ4v) is 10.3. The molecule has 5 aliphatic heterocycles. The molecular weight excluding hydrogens is 798 g/mol. The SMILES string of the molecule is CC1(CN2CCC3(CC2)CN(c2ccc4c(c2)C(=O)N(C2CCC(=O)NC2=O)C4=O)C3)CCN(c2ccc(C(=O)N[C@H]3CC[C@H](Oc4ccc(C#N)c(Cl)c4)CC3)nn2)CC1. The van der Waals surface area contributed by atoms with Crippen LogP contribution < -0.4 is 25.2 Å². The van der Waals surface area contributed by atoms with Crippen molar-refractivity contribution in [1.82, 2.24) is 30.6 Å². The Balaban J connectivity index is 0.697. The molecule has 16 heteroatoms. The minimum absolute atomic E-state index is 0.0220. The predicted octanol–water partition coefficient (Wildman–Crippen LogP) is 4.73. The number of hydrogen-bond acceptors (Lipinski definition) is 12. The summed E-state index contributed by atoms with van der Waals surface area (Å²) >= 11 is 6.16. The van der Waals surface area contributed by atoms with Crippen molar-refractivity contribution in [1.29, 1.82) is 5.26 Å². The third-order valence-electron chi connectivity index (χ3n) is 13.9. The Morgan fingerprint density at radius 1 is 0.885 bits per heavy atom. The second kappa shape index (κ2) is 16.4. The Labute approximate surface area is 359 Å². The van der Waals surface area contributed by atoms with Crippen molar-refractivity contribution in [2.24, 2.45) is 10.8 Å². The number of anilines is 2. The van der Waals surface area contributed by atoms with Gasteiger partial charge in [0.2, 0.25) is 11.8 Å². The molecule has 6 aliphatic rings. The number of carbonyl (C=O) groups is 5. The van der Waals surface area contributed by atoms with Crippen LogP contribution in [-0.4, -0.2) is 114 Å². The average Bonchev–Trinajstić information content (AvgIpc) is 3.49. The van der Waals surface area contributed by atoms with Gasteiger partial charge in [0.15, 0.2) is 11.5 Å². The first kappa shape index (κ1) is 40.8. The Bertz CT molecular complexity index is 2280. The van der Waals surface area contributed by atoms with Crippen molar-refractivity contribution in [3.63, 3.8) is 0 Å². The van der Waals surface area contributed by atoms with E-state index in [1.807, 2.05) is 12.1 Å². The van der Waals surface area contributed by atoms with E-state index in [9.17, 15) is 24.0 Å². The molecule has 3 aromatic rings. The monoisotopic (exact) mass is 847 g/mol. The summed E-state index contributed by atoms with van der Waals surface area (Å²) in [5.74, 6) is -0.732. The number of amides is 5. The fraction of sp³-hybridized carbons (Fsp3) is 0.511. The lowest BCUT2D eigenvalue weighted by Crippen LogP contribution is -2.61. The number of nitrogens with zero attached hydrogens (tertiary/aromatic N) is 7. The molecule has 6 heterocycles. The molecule has 15 nitrogen and oxygen atoms in total. The molecule has 4 saturated heterocycles. The number of aromatic nitrogens is 2. The van der Waals surface area contributed by atoms with Gasteiger partial charge in [0.1, 0.15) is 17.9 Å². The Hall–Kier alpha value is -5.59. The van der Waals surface area contributed by atoms with Crippen LogP contribution in [0.15, 0.2) is 48.5 Å². The highest BCUT2D eigenvalue weighted by Crippen LogP contribution is 2.45. The molecule has 2 N–H and O–H groups in total. The van der Waals surface area contributed by atoms with Crippen LogP contribution in [0.2, 0.25) is 5.02 Å². The number of hydrogen-bond donors (Lipinski definition) is 2. The van der Waals surface area contributed by atoms with Gasteiger partial charge < -0.3 is 24.8 Å². The number of likely N-dealkylation sites (tertiary alicyclic amines) is 1. The summed E-state index contributed by atoms with van der Waals surface area (Å²) in [6, 6.07) is 15.3. The fourth-order valence-electron chi connectivity index (χ4n) is 10.1. The van der Waals surface area contributed by atoms with Crippen molar-refractivity contribution in [2.75, 3.05) is 55.6 Å². The minimum atomic E-state index is -0.968. The summed E-state index contributed by atoms with van der Waals surface area (Å²) in [7, 11) is 0. The largest absolute Gasteiger partial charge is 0.490 e. The van der Waals surface area contributed by atoms with E-state index in [1.165, 1.54) is 0 Å². The maximum absolute atomic E-state index is 13.4. The lowest BCUT2D eigenvalue weighted by Gasteiger charge is -2.56. The number of ether oxygens (including phenoxy) is 1. The highest BCUT2D eigenvalue weighted by atomic mass is 35.5. The van der Waals surface area contributed by atoms with Crippen LogP contribution in [0.1, 0.15) is 108 Å². The van der Waals surface area contributed by atoms with Crippen LogP contribution in [0.25, 0.3) is 0 Å². The number of piperidine rings is 3. The normalized spacial score (nSPS) is 24.8. The molecule has 1 saturated carbocycles. The van der Waals surface area contributed by atoms with Gasteiger partial charge in [-0.3, -0.25) is 34.2 Å². The highest BCUT2D eigenvalue weighted by Gasteiger charge is 2.48. The van der Waals surface area contributed by atoms with Gasteiger partial charge in [-0.2, -0.15) is 5.26 Å². The Kier molecular flexibility index (Phi) is 10.9. The van der Waals surface area contributed by atoms with Crippen LogP contribution in [0.3, 0.4) is 0 Å². The molecule has 1 aromatic heterocycles. The maximum Gasteiger partial charge on any atom is 0.272 e. The van der Waals surface area contributed by atoms with Crippen molar-refractivity contribution in [3.05, 3.63) is 75.9 Å². The maximum atomic E-state index is 13.4. The van der Waals surface area contributed by atoms with Crippen molar-refractivity contribution >= 4 is 52.6 Å². The van der Waals surface area contributed by atoms with Crippen molar-refractivity contribution in [2.45, 2.75) is 89.3 Å². The van der Waals surface area contributed by atoms with Gasteiger partial charge in [0.25, 0.3) is 17.7 Å². The number of rotatable bonds is 9. The summed E-state index contributed by atoms with van der Waals surface area (Å²) in [6.07, 6.45) is 7.72. The number of nitrogens with one attached hydrogen (secondary N) is 2. The third kappa shape index (κ3) is 8.27. The topological polar surface area (TPSA) is 181 Å². The van der Waals surface area contributed by atoms with Gasteiger partial charge >= 0.3 is 0 Å². The van der Waals surface area contributed by atoms with Crippen molar-refractivity contribution < 1.29 is 28.7 Å². The molecule has 1 aliphatic carbocycles. The number of benzene rings is 2. The molecule has 1 spiro atoms. The van der Waals surface area contributed by atoms with Crippen LogP contribution in [0.5, 0.6) is 5.75 Å². The zero-order valence-corrected chi connectivity index (χ0v) is 35.1. The first-order valence-electron chi connectivity index (χ1n) is 21.5. The molecule has 318 valence electrons. The molecule has 5 fully saturated rings. The summed E-state index contributed by atoms with van der Waals surface area (Å²) in [5, 5.41) is 23.6. The molecular formula is C45H50ClN9O6. The molecule has 1 atom stereocenters. The molecule has 0 radical (unpaired) electrons. The molecule has 9 rings (SSSR count). The second-order valence-corrected chi connectivity index (χ2v) is 18.6. The van der Waals surface area contributed by atoms with E-state index in [0.29, 0.717) is 33.2 Å². The van der Waals surface area contributed by atoms with E-state index in [1.54, 1.807) is 36.4 Å². The molecule has 5 amide bonds. The summed E-state index contributed by atoms with van der Waals surface area (Å²) in [6.45, 7) is 9.10. The third-order valence-corrected chi connectivity index (χ3v) is 14.2. The van der Waals surface area contributed by atoms with Gasteiger partial charge in [-0.15, -0.1) is 10.2 Å².